The fourth-order valence-electron chi connectivity index (χ4n) is 2.91. The molecular formula is C26H24Cl3N3O4. The summed E-state index contributed by atoms with van der Waals surface area (Å²) in [6.45, 7) is 2.92. The highest BCUT2D eigenvalue weighted by Gasteiger charge is 2.13. The highest BCUT2D eigenvalue weighted by atomic mass is 35.5. The number of hydrogen-bond acceptors (Lipinski definition) is 5. The Bertz CT molecular complexity index is 1230. The van der Waals surface area contributed by atoms with E-state index in [1.165, 1.54) is 6.21 Å². The molecule has 0 atom stereocenters. The lowest BCUT2D eigenvalue weighted by Gasteiger charge is -2.10. The lowest BCUT2D eigenvalue weighted by molar-refractivity contribution is -0.136. The van der Waals surface area contributed by atoms with Crippen LogP contribution in [0, 0.1) is 0 Å². The van der Waals surface area contributed by atoms with E-state index in [9.17, 15) is 9.59 Å². The molecule has 0 heterocycles. The van der Waals surface area contributed by atoms with Gasteiger partial charge in [0, 0.05) is 16.3 Å². The van der Waals surface area contributed by atoms with Gasteiger partial charge in [-0.25, -0.2) is 5.43 Å². The number of unbranched alkanes of at least 4 members (excludes halogenated alkanes) is 1. The van der Waals surface area contributed by atoms with Gasteiger partial charge >= 0.3 is 11.8 Å². The van der Waals surface area contributed by atoms with E-state index in [1.807, 2.05) is 0 Å². The first kappa shape index (κ1) is 27.3. The second-order valence-corrected chi connectivity index (χ2v) is 8.85. The van der Waals surface area contributed by atoms with Crippen LogP contribution in [0.4, 0.5) is 5.69 Å². The van der Waals surface area contributed by atoms with Gasteiger partial charge in [0.05, 0.1) is 22.9 Å². The molecule has 0 aromatic heterocycles. The summed E-state index contributed by atoms with van der Waals surface area (Å²) in [5.41, 5.74) is 3.96. The van der Waals surface area contributed by atoms with Crippen LogP contribution in [-0.4, -0.2) is 24.6 Å². The van der Waals surface area contributed by atoms with Gasteiger partial charge in [-0.1, -0.05) is 54.2 Å². The number of rotatable bonds is 10. The van der Waals surface area contributed by atoms with Crippen molar-refractivity contribution < 1.29 is 19.1 Å². The van der Waals surface area contributed by atoms with E-state index in [0.717, 1.165) is 18.4 Å². The molecular weight excluding hydrogens is 525 g/mol. The number of nitrogens with one attached hydrogen (secondary N) is 2. The molecule has 36 heavy (non-hydrogen) atoms. The Labute approximate surface area is 224 Å². The van der Waals surface area contributed by atoms with Gasteiger partial charge in [0.15, 0.2) is 0 Å². The average molecular weight is 549 g/mol. The summed E-state index contributed by atoms with van der Waals surface area (Å²) >= 11 is 18.1. The second-order valence-electron chi connectivity index (χ2n) is 7.60. The summed E-state index contributed by atoms with van der Waals surface area (Å²) in [5.74, 6) is -0.646. The van der Waals surface area contributed by atoms with Gasteiger partial charge in [0.1, 0.15) is 18.1 Å². The van der Waals surface area contributed by atoms with E-state index in [1.54, 1.807) is 60.7 Å². The molecule has 0 spiro atoms. The van der Waals surface area contributed by atoms with Crippen molar-refractivity contribution in [3.8, 4) is 11.5 Å². The van der Waals surface area contributed by atoms with E-state index >= 15 is 0 Å². The third-order valence-corrected chi connectivity index (χ3v) is 5.78. The maximum absolute atomic E-state index is 12.2. The van der Waals surface area contributed by atoms with Crippen LogP contribution in [0.1, 0.15) is 30.9 Å². The standard InChI is InChI=1S/C26H24Cl3N3O4/c1-2-3-12-35-21-8-6-20(7-9-21)31-25(33)26(34)32-30-15-18-14-19(27)5-11-24(18)36-16-17-4-10-22(28)23(29)13-17/h4-11,13-15H,2-3,12,16H2,1H3,(H,31,33)(H,32,34)/b30-15-. The number of anilines is 1. The van der Waals surface area contributed by atoms with Gasteiger partial charge in [-0.15, -0.1) is 0 Å². The Balaban J connectivity index is 1.55. The summed E-state index contributed by atoms with van der Waals surface area (Å²) in [6, 6.07) is 16.9. The molecule has 0 aliphatic rings. The largest absolute Gasteiger partial charge is 0.494 e. The number of hydrogen-bond donors (Lipinski definition) is 2. The monoisotopic (exact) mass is 547 g/mol. The number of benzene rings is 3. The van der Waals surface area contributed by atoms with E-state index in [0.29, 0.717) is 44.4 Å². The van der Waals surface area contributed by atoms with Crippen molar-refractivity contribution in [3.63, 3.8) is 0 Å². The Morgan fingerprint density at radius 1 is 0.917 bits per heavy atom. The van der Waals surface area contributed by atoms with Crippen molar-refractivity contribution in [2.45, 2.75) is 26.4 Å². The minimum absolute atomic E-state index is 0.219. The van der Waals surface area contributed by atoms with Crippen LogP contribution in [0.3, 0.4) is 0 Å². The Hall–Kier alpha value is -3.26. The van der Waals surface area contributed by atoms with Crippen molar-refractivity contribution in [2.75, 3.05) is 11.9 Å². The molecule has 0 fully saturated rings. The third-order valence-electron chi connectivity index (χ3n) is 4.80. The lowest BCUT2D eigenvalue weighted by Crippen LogP contribution is -2.32. The zero-order valence-electron chi connectivity index (χ0n) is 19.4. The van der Waals surface area contributed by atoms with Gasteiger partial charge in [-0.05, 0) is 66.6 Å². The van der Waals surface area contributed by atoms with E-state index in [-0.39, 0.29) is 6.61 Å². The topological polar surface area (TPSA) is 89.0 Å². The first-order valence-electron chi connectivity index (χ1n) is 11.1. The number of nitrogens with zero attached hydrogens (tertiary/aromatic N) is 1. The third kappa shape index (κ3) is 8.45. The maximum Gasteiger partial charge on any atom is 0.329 e. The van der Waals surface area contributed by atoms with Crippen molar-refractivity contribution in [3.05, 3.63) is 86.9 Å². The molecule has 3 aromatic rings. The number of halogens is 3. The maximum atomic E-state index is 12.2. The molecule has 0 saturated heterocycles. The fourth-order valence-corrected chi connectivity index (χ4v) is 3.41. The van der Waals surface area contributed by atoms with Gasteiger partial charge in [0.25, 0.3) is 0 Å². The van der Waals surface area contributed by atoms with Crippen LogP contribution in [-0.2, 0) is 16.2 Å². The van der Waals surface area contributed by atoms with Crippen LogP contribution in [0.25, 0.3) is 0 Å². The Morgan fingerprint density at radius 3 is 2.42 bits per heavy atom. The fraction of sp³-hybridized carbons (Fsp3) is 0.192. The van der Waals surface area contributed by atoms with Crippen LogP contribution >= 0.6 is 34.8 Å². The van der Waals surface area contributed by atoms with Gasteiger partial charge < -0.3 is 14.8 Å². The van der Waals surface area contributed by atoms with E-state index in [4.69, 9.17) is 44.3 Å². The summed E-state index contributed by atoms with van der Waals surface area (Å²) in [4.78, 5) is 24.3. The second kappa shape index (κ2) is 13.7. The molecule has 3 rings (SSSR count). The molecule has 0 radical (unpaired) electrons. The zero-order chi connectivity index (χ0) is 25.9. The normalized spacial score (nSPS) is 10.8. The zero-order valence-corrected chi connectivity index (χ0v) is 21.7. The average Bonchev–Trinajstić information content (AvgIpc) is 2.86. The first-order valence-corrected chi connectivity index (χ1v) is 12.2. The highest BCUT2D eigenvalue weighted by Crippen LogP contribution is 2.25. The minimum atomic E-state index is -0.935. The van der Waals surface area contributed by atoms with Crippen LogP contribution in [0.5, 0.6) is 11.5 Å². The molecule has 0 aliphatic heterocycles. The number of amides is 2. The number of carbonyl (C=O) groups excluding carboxylic acids is 2. The van der Waals surface area contributed by atoms with Crippen LogP contribution < -0.4 is 20.2 Å². The summed E-state index contributed by atoms with van der Waals surface area (Å²) in [5, 5.41) is 7.69. The predicted octanol–water partition coefficient (Wildman–Crippen LogP) is 6.49. The summed E-state index contributed by atoms with van der Waals surface area (Å²) in [6.07, 6.45) is 3.33. The highest BCUT2D eigenvalue weighted by molar-refractivity contribution is 6.42. The van der Waals surface area contributed by atoms with Gasteiger partial charge in [-0.2, -0.15) is 5.10 Å². The SMILES string of the molecule is CCCCOc1ccc(NC(=O)C(=O)N/N=C\c2cc(Cl)ccc2OCc2ccc(Cl)c(Cl)c2)cc1. The quantitative estimate of drug-likeness (QED) is 0.131. The van der Waals surface area contributed by atoms with Gasteiger partial charge in [-0.3, -0.25) is 9.59 Å². The summed E-state index contributed by atoms with van der Waals surface area (Å²) in [7, 11) is 0. The molecule has 7 nitrogen and oxygen atoms in total. The molecule has 188 valence electrons. The predicted molar refractivity (Wildman–Crippen MR) is 143 cm³/mol. The smallest absolute Gasteiger partial charge is 0.329 e. The summed E-state index contributed by atoms with van der Waals surface area (Å²) < 4.78 is 11.4. The van der Waals surface area contributed by atoms with Crippen molar-refractivity contribution in [1.82, 2.24) is 5.43 Å². The van der Waals surface area contributed by atoms with Crippen molar-refractivity contribution in [1.29, 1.82) is 0 Å². The van der Waals surface area contributed by atoms with Gasteiger partial charge in [0.2, 0.25) is 0 Å². The Kier molecular flexibility index (Phi) is 10.4. The molecule has 3 aromatic carbocycles. The molecule has 0 bridgehead atoms. The van der Waals surface area contributed by atoms with Crippen LogP contribution in [0.2, 0.25) is 15.1 Å². The molecule has 10 heteroatoms. The molecule has 0 aliphatic carbocycles. The molecule has 2 N–H and O–H groups in total. The molecule has 0 unspecified atom stereocenters. The minimum Gasteiger partial charge on any atom is -0.494 e. The molecule has 0 saturated carbocycles. The molecule has 2 amide bonds. The number of ether oxygens (including phenoxy) is 2. The van der Waals surface area contributed by atoms with Crippen molar-refractivity contribution >= 4 is 58.5 Å². The van der Waals surface area contributed by atoms with E-state index < -0.39 is 11.8 Å². The number of hydrazone groups is 1. The van der Waals surface area contributed by atoms with Crippen LogP contribution in [0.15, 0.2) is 65.8 Å². The number of carbonyl (C=O) groups is 2. The Morgan fingerprint density at radius 2 is 1.69 bits per heavy atom. The first-order chi connectivity index (χ1) is 17.4. The van der Waals surface area contributed by atoms with E-state index in [2.05, 4.69) is 22.8 Å². The van der Waals surface area contributed by atoms with Crippen molar-refractivity contribution in [2.24, 2.45) is 5.10 Å². The lowest BCUT2D eigenvalue weighted by atomic mass is 10.2.